The molecule has 0 aliphatic carbocycles. The Bertz CT molecular complexity index is 659. The highest BCUT2D eigenvalue weighted by molar-refractivity contribution is 7.26. The number of anilines is 1. The van der Waals surface area contributed by atoms with E-state index in [-0.39, 0.29) is 26.9 Å². The number of hydrogen-bond acceptors (Lipinski definition) is 7. The zero-order valence-electron chi connectivity index (χ0n) is 13.2. The predicted octanol–water partition coefficient (Wildman–Crippen LogP) is 1.33. The van der Waals surface area contributed by atoms with Crippen LogP contribution in [0.1, 0.15) is 32.4 Å². The predicted molar refractivity (Wildman–Crippen MR) is 86.4 cm³/mol. The highest BCUT2D eigenvalue weighted by atomic mass is 31.1. The van der Waals surface area contributed by atoms with E-state index in [4.69, 9.17) is 19.0 Å². The fourth-order valence-corrected chi connectivity index (χ4v) is 2.73. The van der Waals surface area contributed by atoms with Gasteiger partial charge in [-0.15, -0.1) is 0 Å². The van der Waals surface area contributed by atoms with E-state index in [1.165, 1.54) is 11.5 Å². The summed E-state index contributed by atoms with van der Waals surface area (Å²) in [5.41, 5.74) is -0.477. The van der Waals surface area contributed by atoms with Gasteiger partial charge >= 0.3 is 5.69 Å². The highest BCUT2D eigenvalue weighted by Gasteiger charge is 2.27. The molecule has 9 nitrogen and oxygen atoms in total. The zero-order valence-corrected chi connectivity index (χ0v) is 14.2. The summed E-state index contributed by atoms with van der Waals surface area (Å²) >= 11 is 0. The Labute approximate surface area is 140 Å². The lowest BCUT2D eigenvalue weighted by molar-refractivity contribution is -0.114. The van der Waals surface area contributed by atoms with Crippen LogP contribution in [0.15, 0.2) is 17.1 Å². The van der Waals surface area contributed by atoms with Gasteiger partial charge in [0.2, 0.25) is 5.91 Å². The standard InChI is InChI=1S/C14H19N4O5P/c1-10(19)16-12-5-7-18(14(20)17-12)13-4-3-11(23-13)9-22-24-21-8-2-6-15/h5,7,11,13,24H,2-4,8-9H2,1H3,(H,16,17,19,20)/t11-,13?/m0/s1. The molecule has 0 saturated carbocycles. The third kappa shape index (κ3) is 5.65. The van der Waals surface area contributed by atoms with Crippen molar-refractivity contribution in [1.82, 2.24) is 9.55 Å². The Kier molecular flexibility index (Phi) is 7.28. The monoisotopic (exact) mass is 354 g/mol. The van der Waals surface area contributed by atoms with Crippen molar-refractivity contribution in [3.63, 3.8) is 0 Å². The van der Waals surface area contributed by atoms with Crippen molar-refractivity contribution in [3.8, 4) is 6.07 Å². The molecule has 0 bridgehead atoms. The summed E-state index contributed by atoms with van der Waals surface area (Å²) in [6.07, 6.45) is 2.81. The van der Waals surface area contributed by atoms with E-state index in [0.717, 1.165) is 6.42 Å². The molecule has 130 valence electrons. The van der Waals surface area contributed by atoms with Crippen molar-refractivity contribution < 1.29 is 18.6 Å². The second-order valence-electron chi connectivity index (χ2n) is 5.12. The van der Waals surface area contributed by atoms with Crippen LogP contribution >= 0.6 is 9.03 Å². The molecule has 1 aromatic heterocycles. The molecule has 0 radical (unpaired) electrons. The SMILES string of the molecule is CC(=O)Nc1ccn(C2CC[C@@H](COPOCCC#N)O2)c(=O)n1. The van der Waals surface area contributed by atoms with E-state index in [1.807, 2.05) is 6.07 Å². The molecule has 1 saturated heterocycles. The lowest BCUT2D eigenvalue weighted by atomic mass is 10.2. The highest BCUT2D eigenvalue weighted by Crippen LogP contribution is 2.28. The number of ether oxygens (including phenoxy) is 1. The van der Waals surface area contributed by atoms with Crippen molar-refractivity contribution in [2.24, 2.45) is 0 Å². The lowest BCUT2D eigenvalue weighted by Crippen LogP contribution is -2.28. The zero-order chi connectivity index (χ0) is 17.4. The topological polar surface area (TPSA) is 115 Å². The summed E-state index contributed by atoms with van der Waals surface area (Å²) in [6, 6.07) is 3.54. The summed E-state index contributed by atoms with van der Waals surface area (Å²) in [6.45, 7) is 2.07. The molecule has 1 fully saturated rings. The van der Waals surface area contributed by atoms with Gasteiger partial charge in [-0.05, 0) is 18.9 Å². The van der Waals surface area contributed by atoms with Gasteiger partial charge in [0, 0.05) is 13.1 Å². The molecular weight excluding hydrogens is 335 g/mol. The van der Waals surface area contributed by atoms with Crippen molar-refractivity contribution in [2.45, 2.75) is 38.5 Å². The molecule has 2 rings (SSSR count). The van der Waals surface area contributed by atoms with Crippen LogP contribution in [-0.4, -0.2) is 34.8 Å². The fraction of sp³-hybridized carbons (Fsp3) is 0.571. The lowest BCUT2D eigenvalue weighted by Gasteiger charge is -2.16. The maximum atomic E-state index is 12.0. The van der Waals surface area contributed by atoms with Crippen LogP contribution in [-0.2, 0) is 18.6 Å². The molecular formula is C14H19N4O5P. The molecule has 0 spiro atoms. The number of amides is 1. The van der Waals surface area contributed by atoms with Crippen molar-refractivity contribution in [3.05, 3.63) is 22.7 Å². The molecule has 1 aliphatic rings. The molecule has 10 heteroatoms. The van der Waals surface area contributed by atoms with Gasteiger partial charge in [0.15, 0.2) is 9.03 Å². The number of nitrogens with zero attached hydrogens (tertiary/aromatic N) is 3. The van der Waals surface area contributed by atoms with Gasteiger partial charge in [-0.25, -0.2) is 4.79 Å². The quantitative estimate of drug-likeness (QED) is 0.553. The van der Waals surface area contributed by atoms with Crippen molar-refractivity contribution in [2.75, 3.05) is 18.5 Å². The first-order valence-corrected chi connectivity index (χ1v) is 8.29. The van der Waals surface area contributed by atoms with Crippen LogP contribution in [0.25, 0.3) is 0 Å². The van der Waals surface area contributed by atoms with Crippen LogP contribution in [0.2, 0.25) is 0 Å². The molecule has 1 amide bonds. The number of carbonyl (C=O) groups is 1. The fourth-order valence-electron chi connectivity index (χ4n) is 2.20. The van der Waals surface area contributed by atoms with E-state index in [9.17, 15) is 9.59 Å². The molecule has 2 heterocycles. The van der Waals surface area contributed by atoms with Crippen molar-refractivity contribution >= 4 is 20.8 Å². The first-order chi connectivity index (χ1) is 11.6. The molecule has 1 N–H and O–H groups in total. The Morgan fingerprint density at radius 1 is 1.58 bits per heavy atom. The van der Waals surface area contributed by atoms with Gasteiger partial charge in [0.25, 0.3) is 0 Å². The Hall–Kier alpha value is -1.85. The summed E-state index contributed by atoms with van der Waals surface area (Å²) in [4.78, 5) is 26.8. The minimum Gasteiger partial charge on any atom is -0.352 e. The van der Waals surface area contributed by atoms with Gasteiger partial charge in [-0.1, -0.05) is 0 Å². The van der Waals surface area contributed by atoms with Gasteiger partial charge < -0.3 is 19.1 Å². The average molecular weight is 354 g/mol. The maximum Gasteiger partial charge on any atom is 0.351 e. The van der Waals surface area contributed by atoms with Gasteiger partial charge in [0.05, 0.1) is 31.8 Å². The van der Waals surface area contributed by atoms with Crippen LogP contribution in [0.3, 0.4) is 0 Å². The molecule has 24 heavy (non-hydrogen) atoms. The number of hydrogen-bond donors (Lipinski definition) is 1. The Morgan fingerprint density at radius 3 is 3.12 bits per heavy atom. The first-order valence-electron chi connectivity index (χ1n) is 7.48. The van der Waals surface area contributed by atoms with E-state index < -0.39 is 11.9 Å². The second kappa shape index (κ2) is 9.45. The third-order valence-corrected chi connectivity index (χ3v) is 3.84. The summed E-state index contributed by atoms with van der Waals surface area (Å²) in [7, 11) is -0.132. The van der Waals surface area contributed by atoms with E-state index in [1.54, 1.807) is 12.3 Å². The van der Waals surface area contributed by atoms with Gasteiger partial charge in [0.1, 0.15) is 12.0 Å². The van der Waals surface area contributed by atoms with Gasteiger partial charge in [-0.3, -0.25) is 9.36 Å². The number of rotatable bonds is 8. The van der Waals surface area contributed by atoms with Gasteiger partial charge in [-0.2, -0.15) is 10.2 Å². The van der Waals surface area contributed by atoms with E-state index in [2.05, 4.69) is 10.3 Å². The third-order valence-electron chi connectivity index (χ3n) is 3.23. The maximum absolute atomic E-state index is 12.0. The molecule has 0 aromatic carbocycles. The molecule has 2 unspecified atom stereocenters. The largest absolute Gasteiger partial charge is 0.352 e. The molecule has 3 atom stereocenters. The van der Waals surface area contributed by atoms with Crippen LogP contribution in [0.4, 0.5) is 5.82 Å². The Balaban J connectivity index is 1.79. The molecule has 1 aromatic rings. The Morgan fingerprint density at radius 2 is 2.42 bits per heavy atom. The number of nitrogens with one attached hydrogen (secondary N) is 1. The summed E-state index contributed by atoms with van der Waals surface area (Å²) in [5, 5.41) is 10.8. The van der Waals surface area contributed by atoms with E-state index >= 15 is 0 Å². The van der Waals surface area contributed by atoms with Crippen LogP contribution < -0.4 is 11.0 Å². The summed E-state index contributed by atoms with van der Waals surface area (Å²) in [5.74, 6) is -0.0656. The number of nitriles is 1. The van der Waals surface area contributed by atoms with E-state index in [0.29, 0.717) is 26.1 Å². The number of aromatic nitrogens is 2. The summed E-state index contributed by atoms with van der Waals surface area (Å²) < 4.78 is 17.7. The minimum absolute atomic E-state index is 0.121. The van der Waals surface area contributed by atoms with Crippen LogP contribution in [0, 0.1) is 11.3 Å². The average Bonchev–Trinajstić information content (AvgIpc) is 2.99. The normalized spacial score (nSPS) is 20.3. The van der Waals surface area contributed by atoms with Crippen molar-refractivity contribution in [1.29, 1.82) is 5.26 Å². The van der Waals surface area contributed by atoms with Crippen LogP contribution in [0.5, 0.6) is 0 Å². The number of carbonyl (C=O) groups excluding carboxylic acids is 1. The smallest absolute Gasteiger partial charge is 0.351 e. The minimum atomic E-state index is -0.477. The first kappa shape index (κ1) is 18.5. The molecule has 1 aliphatic heterocycles. The second-order valence-corrected chi connectivity index (χ2v) is 5.87.